The summed E-state index contributed by atoms with van der Waals surface area (Å²) in [5.74, 6) is -0.854. The van der Waals surface area contributed by atoms with Gasteiger partial charge in [0.25, 0.3) is 5.91 Å². The summed E-state index contributed by atoms with van der Waals surface area (Å²) < 4.78 is 15.4. The van der Waals surface area contributed by atoms with E-state index in [0.29, 0.717) is 11.0 Å². The van der Waals surface area contributed by atoms with Gasteiger partial charge in [0, 0.05) is 22.5 Å². The summed E-state index contributed by atoms with van der Waals surface area (Å²) in [6, 6.07) is 12.0. The van der Waals surface area contributed by atoms with Crippen LogP contribution in [0.1, 0.15) is 15.9 Å². The lowest BCUT2D eigenvalue weighted by molar-refractivity contribution is 0.0780. The lowest BCUT2D eigenvalue weighted by Crippen LogP contribution is -2.27. The average molecular weight is 401 g/mol. The van der Waals surface area contributed by atoms with Gasteiger partial charge in [0.15, 0.2) is 0 Å². The van der Waals surface area contributed by atoms with Crippen molar-refractivity contribution in [2.45, 2.75) is 6.54 Å². The number of carbonyl (C=O) groups excluding carboxylic acids is 1. The van der Waals surface area contributed by atoms with Gasteiger partial charge in [-0.05, 0) is 35.9 Å². The second-order valence-electron chi connectivity index (χ2n) is 4.41. The minimum Gasteiger partial charge on any atom is -0.337 e. The molecular formula is C15H12Br2FNO. The fourth-order valence-electron chi connectivity index (χ4n) is 1.80. The van der Waals surface area contributed by atoms with Crippen LogP contribution in [0.4, 0.5) is 4.39 Å². The van der Waals surface area contributed by atoms with Crippen LogP contribution in [-0.2, 0) is 6.54 Å². The van der Waals surface area contributed by atoms with Gasteiger partial charge in [-0.25, -0.2) is 4.39 Å². The van der Waals surface area contributed by atoms with Gasteiger partial charge in [-0.1, -0.05) is 44.0 Å². The van der Waals surface area contributed by atoms with Gasteiger partial charge in [-0.2, -0.15) is 0 Å². The highest BCUT2D eigenvalue weighted by Gasteiger charge is 2.16. The Bertz CT molecular complexity index is 628. The SMILES string of the molecule is CN(Cc1ccc(Br)cc1)C(=O)c1cc(Br)ccc1F. The van der Waals surface area contributed by atoms with E-state index in [4.69, 9.17) is 0 Å². The largest absolute Gasteiger partial charge is 0.337 e. The second kappa shape index (κ2) is 6.50. The van der Waals surface area contributed by atoms with Crippen LogP contribution in [0.3, 0.4) is 0 Å². The lowest BCUT2D eigenvalue weighted by Gasteiger charge is -2.18. The first-order valence-electron chi connectivity index (χ1n) is 5.92. The van der Waals surface area contributed by atoms with Crippen molar-refractivity contribution < 1.29 is 9.18 Å². The maximum absolute atomic E-state index is 13.7. The molecule has 5 heteroatoms. The van der Waals surface area contributed by atoms with Crippen LogP contribution in [-0.4, -0.2) is 17.9 Å². The predicted octanol–water partition coefficient (Wildman–Crippen LogP) is 4.62. The molecule has 0 saturated carbocycles. The van der Waals surface area contributed by atoms with E-state index in [-0.39, 0.29) is 11.5 Å². The Morgan fingerprint density at radius 3 is 2.35 bits per heavy atom. The van der Waals surface area contributed by atoms with Crippen molar-refractivity contribution >= 4 is 37.8 Å². The highest BCUT2D eigenvalue weighted by molar-refractivity contribution is 9.10. The van der Waals surface area contributed by atoms with Crippen molar-refractivity contribution in [2.24, 2.45) is 0 Å². The van der Waals surface area contributed by atoms with Crippen LogP contribution in [0.15, 0.2) is 51.4 Å². The van der Waals surface area contributed by atoms with Crippen molar-refractivity contribution in [2.75, 3.05) is 7.05 Å². The van der Waals surface area contributed by atoms with Gasteiger partial charge in [-0.15, -0.1) is 0 Å². The summed E-state index contributed by atoms with van der Waals surface area (Å²) in [6.45, 7) is 0.429. The van der Waals surface area contributed by atoms with Crippen LogP contribution in [0.2, 0.25) is 0 Å². The topological polar surface area (TPSA) is 20.3 Å². The van der Waals surface area contributed by atoms with E-state index < -0.39 is 5.82 Å². The molecule has 0 aliphatic carbocycles. The average Bonchev–Trinajstić information content (AvgIpc) is 2.43. The molecule has 2 aromatic rings. The van der Waals surface area contributed by atoms with Crippen molar-refractivity contribution in [1.82, 2.24) is 4.90 Å². The molecule has 2 nitrogen and oxygen atoms in total. The van der Waals surface area contributed by atoms with E-state index in [9.17, 15) is 9.18 Å². The Labute approximate surface area is 133 Å². The van der Waals surface area contributed by atoms with Crippen molar-refractivity contribution in [3.05, 3.63) is 68.4 Å². The number of amides is 1. The molecule has 0 unspecified atom stereocenters. The van der Waals surface area contributed by atoms with Gasteiger partial charge in [-0.3, -0.25) is 4.79 Å². The molecule has 0 aliphatic heterocycles. The second-order valence-corrected chi connectivity index (χ2v) is 6.24. The van der Waals surface area contributed by atoms with E-state index in [1.807, 2.05) is 24.3 Å². The third-order valence-corrected chi connectivity index (χ3v) is 3.86. The molecule has 0 radical (unpaired) electrons. The lowest BCUT2D eigenvalue weighted by atomic mass is 10.1. The standard InChI is InChI=1S/C15H12Br2FNO/c1-19(9-10-2-4-11(16)5-3-10)15(20)13-8-12(17)6-7-14(13)18/h2-8H,9H2,1H3. The molecule has 1 amide bonds. The molecule has 0 aromatic heterocycles. The van der Waals surface area contributed by atoms with Gasteiger partial charge >= 0.3 is 0 Å². The third-order valence-electron chi connectivity index (χ3n) is 2.84. The number of halogens is 3. The molecule has 2 aromatic carbocycles. The number of rotatable bonds is 3. The van der Waals surface area contributed by atoms with Gasteiger partial charge in [0.05, 0.1) is 5.56 Å². The minimum absolute atomic E-state index is 0.0685. The monoisotopic (exact) mass is 399 g/mol. The number of nitrogens with zero attached hydrogens (tertiary/aromatic N) is 1. The molecule has 20 heavy (non-hydrogen) atoms. The van der Waals surface area contributed by atoms with Crippen LogP contribution in [0.25, 0.3) is 0 Å². The summed E-state index contributed by atoms with van der Waals surface area (Å²) >= 11 is 6.61. The summed E-state index contributed by atoms with van der Waals surface area (Å²) in [5, 5.41) is 0. The van der Waals surface area contributed by atoms with Crippen LogP contribution in [0.5, 0.6) is 0 Å². The van der Waals surface area contributed by atoms with Crippen molar-refractivity contribution in [1.29, 1.82) is 0 Å². The molecule has 0 aliphatic rings. The smallest absolute Gasteiger partial charge is 0.256 e. The fraction of sp³-hybridized carbons (Fsp3) is 0.133. The van der Waals surface area contributed by atoms with E-state index in [0.717, 1.165) is 10.0 Å². The molecule has 0 atom stereocenters. The summed E-state index contributed by atoms with van der Waals surface area (Å²) in [7, 11) is 1.66. The highest BCUT2D eigenvalue weighted by Crippen LogP contribution is 2.18. The van der Waals surface area contributed by atoms with E-state index in [1.54, 1.807) is 13.1 Å². The molecule has 104 valence electrons. The van der Waals surface area contributed by atoms with Crippen LogP contribution in [0, 0.1) is 5.82 Å². The number of hydrogen-bond donors (Lipinski definition) is 0. The van der Waals surface area contributed by atoms with Crippen molar-refractivity contribution in [3.63, 3.8) is 0 Å². The third kappa shape index (κ3) is 3.67. The number of benzene rings is 2. The predicted molar refractivity (Wildman–Crippen MR) is 84.0 cm³/mol. The highest BCUT2D eigenvalue weighted by atomic mass is 79.9. The van der Waals surface area contributed by atoms with E-state index >= 15 is 0 Å². The zero-order valence-electron chi connectivity index (χ0n) is 10.7. The van der Waals surface area contributed by atoms with E-state index in [2.05, 4.69) is 31.9 Å². The Kier molecular flexibility index (Phi) is 4.94. The van der Waals surface area contributed by atoms with Crippen LogP contribution >= 0.6 is 31.9 Å². The Morgan fingerprint density at radius 1 is 1.10 bits per heavy atom. The molecule has 0 fully saturated rings. The zero-order valence-corrected chi connectivity index (χ0v) is 13.9. The van der Waals surface area contributed by atoms with Gasteiger partial charge in [0.1, 0.15) is 5.82 Å². The van der Waals surface area contributed by atoms with E-state index in [1.165, 1.54) is 17.0 Å². The first-order chi connectivity index (χ1) is 9.47. The molecule has 0 heterocycles. The molecule has 0 spiro atoms. The molecule has 0 saturated heterocycles. The van der Waals surface area contributed by atoms with Gasteiger partial charge in [0.2, 0.25) is 0 Å². The number of carbonyl (C=O) groups is 1. The van der Waals surface area contributed by atoms with Gasteiger partial charge < -0.3 is 4.90 Å². The summed E-state index contributed by atoms with van der Waals surface area (Å²) in [6.07, 6.45) is 0. The Balaban J connectivity index is 2.16. The first kappa shape index (κ1) is 15.2. The fourth-order valence-corrected chi connectivity index (χ4v) is 2.43. The normalized spacial score (nSPS) is 10.4. The molecule has 0 N–H and O–H groups in total. The molecule has 2 rings (SSSR count). The number of hydrogen-bond acceptors (Lipinski definition) is 1. The zero-order chi connectivity index (χ0) is 14.7. The van der Waals surface area contributed by atoms with Crippen LogP contribution < -0.4 is 0 Å². The quantitative estimate of drug-likeness (QED) is 0.735. The van der Waals surface area contributed by atoms with Crippen molar-refractivity contribution in [3.8, 4) is 0 Å². The summed E-state index contributed by atoms with van der Waals surface area (Å²) in [5.41, 5.74) is 1.05. The maximum atomic E-state index is 13.7. The molecule has 0 bridgehead atoms. The first-order valence-corrected chi connectivity index (χ1v) is 7.51. The molecular weight excluding hydrogens is 389 g/mol. The Morgan fingerprint density at radius 2 is 1.70 bits per heavy atom. The summed E-state index contributed by atoms with van der Waals surface area (Å²) in [4.78, 5) is 13.7. The Hall–Kier alpha value is -1.20. The minimum atomic E-state index is -0.513. The maximum Gasteiger partial charge on any atom is 0.256 e.